The zero-order chi connectivity index (χ0) is 73.7. The van der Waals surface area contributed by atoms with Crippen LogP contribution in [0.3, 0.4) is 0 Å². The zero-order valence-electron chi connectivity index (χ0n) is 57.6. The summed E-state index contributed by atoms with van der Waals surface area (Å²) in [6.07, 6.45) is 4.10. The molecule has 35 heteroatoms. The van der Waals surface area contributed by atoms with Crippen molar-refractivity contribution in [3.05, 3.63) is 72.3 Å². The van der Waals surface area contributed by atoms with Crippen molar-refractivity contribution in [3.63, 3.8) is 0 Å². The number of carbonyl (C=O) groups is 13. The highest BCUT2D eigenvalue weighted by molar-refractivity contribution is 7.99. The van der Waals surface area contributed by atoms with Gasteiger partial charge in [-0.05, 0) is 115 Å². The number of aromatic amines is 1. The van der Waals surface area contributed by atoms with E-state index in [-0.39, 0.29) is 81.8 Å². The summed E-state index contributed by atoms with van der Waals surface area (Å²) in [4.78, 5) is 196. The van der Waals surface area contributed by atoms with Crippen LogP contribution in [0, 0.1) is 11.8 Å². The molecular weight excluding hydrogens is 1330 g/mol. The van der Waals surface area contributed by atoms with Gasteiger partial charge in [-0.15, -0.1) is 5.10 Å². The fourth-order valence-corrected chi connectivity index (χ4v) is 12.4. The summed E-state index contributed by atoms with van der Waals surface area (Å²) in [5.74, 6) is -13.6. The normalized spacial score (nSPS) is 25.3. The first-order valence-electron chi connectivity index (χ1n) is 33.9. The number of amides is 11. The van der Waals surface area contributed by atoms with Crippen molar-refractivity contribution in [2.24, 2.45) is 11.8 Å². The lowest BCUT2D eigenvalue weighted by Crippen LogP contribution is -2.61. The van der Waals surface area contributed by atoms with Crippen molar-refractivity contribution in [3.8, 4) is 0 Å². The quantitative estimate of drug-likeness (QED) is 0.0601. The largest absolute Gasteiger partial charge is 0.481 e. The summed E-state index contributed by atoms with van der Waals surface area (Å²) in [5.41, 5.74) is 0.313. The third kappa shape index (κ3) is 25.2. The number of aliphatic hydroxyl groups excluding tert-OH is 1. The Kier molecular flexibility index (Phi) is 28.9. The Bertz CT molecular complexity index is 3600. The van der Waals surface area contributed by atoms with Gasteiger partial charge in [-0.1, -0.05) is 56.2 Å². The molecule has 16 N–H and O–H groups in total. The van der Waals surface area contributed by atoms with Gasteiger partial charge in [0.15, 0.2) is 6.04 Å². The van der Waals surface area contributed by atoms with Gasteiger partial charge in [0, 0.05) is 72.5 Å². The Morgan fingerprint density at radius 3 is 2.04 bits per heavy atom. The fraction of sp³-hybridized carbons (Fsp3) is 0.591. The number of imidazole rings is 1. The van der Waals surface area contributed by atoms with E-state index in [2.05, 4.69) is 89.1 Å². The molecule has 0 radical (unpaired) electrons. The Balaban J connectivity index is 1.31. The molecule has 5 heterocycles. The number of H-pyrrole nitrogens is 1. The van der Waals surface area contributed by atoms with Crippen LogP contribution in [-0.2, 0) is 88.1 Å². The van der Waals surface area contributed by atoms with E-state index in [0.29, 0.717) is 22.5 Å². The minimum absolute atomic E-state index is 0.00610. The Morgan fingerprint density at radius 2 is 1.37 bits per heavy atom. The van der Waals surface area contributed by atoms with Crippen molar-refractivity contribution in [1.29, 1.82) is 0 Å². The minimum Gasteiger partial charge on any atom is -0.481 e. The number of nitrogens with zero attached hydrogens (tertiary/aromatic N) is 5. The van der Waals surface area contributed by atoms with Crippen LogP contribution in [0.5, 0.6) is 0 Å². The van der Waals surface area contributed by atoms with Gasteiger partial charge in [0.1, 0.15) is 54.4 Å². The highest BCUT2D eigenvalue weighted by Crippen LogP contribution is 2.33. The first-order chi connectivity index (χ1) is 47.9. The second-order valence-electron chi connectivity index (χ2n) is 27.2. The third-order valence-corrected chi connectivity index (χ3v) is 18.2. The second-order valence-corrected chi connectivity index (χ2v) is 28.3. The zero-order valence-corrected chi connectivity index (χ0v) is 58.4. The standard InChI is InChI=1S/C66H94N18O16S/c1-34(2)53-64(98)78-48(26-41-25-38-12-8-9-13-39(38)28-68-41)61(95)75-46(60(94)80-54(36(4)85)65(99)100)21-23-101-32-50(81-66(5,6)7)63(97)71-35(3)55(89)73-45-18-17-40-31-84(83-82-40)22-11-10-14-43(59(93)79-53)74-57(91)44(19-20-52(87)88)72-51(86)30-69-56(90)47(24-37-15-16-37)76-62(96)49(77-58(45)92)27-42-29-67-33-70-42/h8-9,12-13,25,28-29,31,33-37,43-50,53-54,81,85H,10-11,14-24,26-27,30,32H2,1-7H3,(H,67,70)(H,69,90)(H,71,97)(H,72,86)(H,73,89)(H,74,91)(H,75,95)(H,76,96)(H,77,92)(H,78,98)(H,79,93)(H,80,94)(H,87,88)(H,99,100)/t35-,36+,43-,44-,45-,46-,47-,48?,49-,50-,53-,54?/m0/s1. The predicted octanol–water partition coefficient (Wildman–Crippen LogP) is -2.18. The van der Waals surface area contributed by atoms with E-state index >= 15 is 0 Å². The molecule has 3 aromatic heterocycles. The van der Waals surface area contributed by atoms with E-state index in [1.807, 2.05) is 6.07 Å². The summed E-state index contributed by atoms with van der Waals surface area (Å²) < 4.78 is 1.49. The van der Waals surface area contributed by atoms with Crippen LogP contribution in [0.2, 0.25) is 0 Å². The molecule has 4 bridgehead atoms. The van der Waals surface area contributed by atoms with Gasteiger partial charge in [-0.25, -0.2) is 9.78 Å². The molecule has 3 aliphatic rings. The molecule has 2 aliphatic heterocycles. The average molecular weight is 1430 g/mol. The van der Waals surface area contributed by atoms with Gasteiger partial charge in [0.25, 0.3) is 0 Å². The first kappa shape index (κ1) is 78.7. The molecule has 7 rings (SSSR count). The van der Waals surface area contributed by atoms with Crippen LogP contribution < -0.4 is 63.8 Å². The molecule has 1 aromatic carbocycles. The maximum Gasteiger partial charge on any atom is 0.328 e. The highest BCUT2D eigenvalue weighted by atomic mass is 32.2. The topological polar surface area (TPSA) is 499 Å². The number of aliphatic carboxylic acids is 2. The smallest absolute Gasteiger partial charge is 0.328 e. The van der Waals surface area contributed by atoms with Gasteiger partial charge >= 0.3 is 11.9 Å². The van der Waals surface area contributed by atoms with Crippen LogP contribution >= 0.6 is 11.8 Å². The number of hydrogen-bond donors (Lipinski definition) is 16. The molecular formula is C66H94N18O16S. The number of carbonyl (C=O) groups excluding carboxylic acids is 11. The Morgan fingerprint density at radius 1 is 0.703 bits per heavy atom. The lowest BCUT2D eigenvalue weighted by Gasteiger charge is -2.30. The van der Waals surface area contributed by atoms with Crippen LogP contribution in [0.4, 0.5) is 0 Å². The number of aromatic nitrogens is 6. The number of fused-ring (bicyclic) bond motifs is 7. The van der Waals surface area contributed by atoms with Gasteiger partial charge < -0.3 is 84.1 Å². The molecule has 1 aliphatic carbocycles. The number of aryl methyl sites for hydroxylation is 2. The molecule has 1 saturated carbocycles. The SMILES string of the molecule is CC(C)[C@@H]1NC(=O)[C@@H]2CCCCn3cc(nn3)CC[C@H](NC(=O)[C@H](C)NC(=O)[C@@H](NC(C)(C)C)CSCC[C@@H](C(=O)NC(C(=O)O)[C@@H](C)O)NC(=O)C(Cc3cc4ccccc4cn3)NC1=O)C(=O)N[C@@H](Cc1cnc[nH]1)C(=O)N[C@@H](CC1CC1)C(=O)NCC(=O)N[C@@H](CCC(=O)O)C(=O)N2. The number of hydrogen-bond acceptors (Lipinski definition) is 20. The summed E-state index contributed by atoms with van der Waals surface area (Å²) in [6.45, 7) is 10.5. The van der Waals surface area contributed by atoms with E-state index < -0.39 is 180 Å². The van der Waals surface area contributed by atoms with Crippen LogP contribution in [-0.4, -0.2) is 218 Å². The summed E-state index contributed by atoms with van der Waals surface area (Å²) in [6, 6.07) is -7.29. The van der Waals surface area contributed by atoms with Crippen molar-refractivity contribution in [1.82, 2.24) is 93.7 Å². The predicted molar refractivity (Wildman–Crippen MR) is 365 cm³/mol. The molecule has 0 saturated heterocycles. The first-order valence-corrected chi connectivity index (χ1v) is 35.0. The van der Waals surface area contributed by atoms with E-state index in [4.69, 9.17) is 0 Å². The number of nitrogens with one attached hydrogen (secondary N) is 13. The fourth-order valence-electron chi connectivity index (χ4n) is 11.3. The molecule has 2 unspecified atom stereocenters. The lowest BCUT2D eigenvalue weighted by atomic mass is 10.00. The maximum absolute atomic E-state index is 15.0. The van der Waals surface area contributed by atoms with Crippen LogP contribution in [0.1, 0.15) is 130 Å². The number of benzene rings is 1. The number of carboxylic acids is 2. The van der Waals surface area contributed by atoms with Gasteiger partial charge in [-0.3, -0.25) is 67.2 Å². The van der Waals surface area contributed by atoms with E-state index in [1.165, 1.54) is 24.1 Å². The lowest BCUT2D eigenvalue weighted by molar-refractivity contribution is -0.145. The van der Waals surface area contributed by atoms with Crippen molar-refractivity contribution >= 4 is 99.5 Å². The second kappa shape index (κ2) is 37.2. The molecule has 550 valence electrons. The molecule has 1 fully saturated rings. The average Bonchev–Trinajstić information content (AvgIpc) is 1.30. The number of aliphatic hydroxyl groups is 1. The summed E-state index contributed by atoms with van der Waals surface area (Å²) in [5, 5.41) is 72.4. The summed E-state index contributed by atoms with van der Waals surface area (Å²) in [7, 11) is 0. The molecule has 4 aromatic rings. The van der Waals surface area contributed by atoms with Crippen LogP contribution in [0.25, 0.3) is 10.8 Å². The van der Waals surface area contributed by atoms with E-state index in [9.17, 15) is 77.6 Å². The van der Waals surface area contributed by atoms with E-state index in [0.717, 1.165) is 36.9 Å². The number of carboxylic acid groups (broad SMARTS) is 2. The van der Waals surface area contributed by atoms with Gasteiger partial charge in [-0.2, -0.15) is 11.8 Å². The Labute approximate surface area is 587 Å². The third-order valence-electron chi connectivity index (χ3n) is 17.1. The van der Waals surface area contributed by atoms with Crippen molar-refractivity contribution in [2.45, 2.75) is 217 Å². The monoisotopic (exact) mass is 1430 g/mol. The van der Waals surface area contributed by atoms with Crippen molar-refractivity contribution in [2.75, 3.05) is 18.1 Å². The number of thioether (sulfide) groups is 1. The molecule has 34 nitrogen and oxygen atoms in total. The molecule has 12 atom stereocenters. The van der Waals surface area contributed by atoms with Gasteiger partial charge in [0.2, 0.25) is 65.0 Å². The van der Waals surface area contributed by atoms with Crippen molar-refractivity contribution < 1.29 is 77.6 Å². The van der Waals surface area contributed by atoms with Crippen LogP contribution in [0.15, 0.2) is 55.2 Å². The molecule has 101 heavy (non-hydrogen) atoms. The van der Waals surface area contributed by atoms with E-state index in [1.54, 1.807) is 71.3 Å². The number of rotatable bonds is 15. The maximum atomic E-state index is 15.0. The highest BCUT2D eigenvalue weighted by Gasteiger charge is 2.39. The molecule has 0 spiro atoms. The summed E-state index contributed by atoms with van der Waals surface area (Å²) >= 11 is 1.13. The Hall–Kier alpha value is -9.64. The van der Waals surface area contributed by atoms with Gasteiger partial charge in [0.05, 0.1) is 30.7 Å². The molecule has 11 amide bonds. The number of pyridine rings is 1. The minimum atomic E-state index is -1.85.